The number of anilines is 2. The lowest BCUT2D eigenvalue weighted by atomic mass is 10.0. The van der Waals surface area contributed by atoms with Gasteiger partial charge in [0.1, 0.15) is 16.5 Å². The summed E-state index contributed by atoms with van der Waals surface area (Å²) in [5, 5.41) is 13.2. The average Bonchev–Trinajstić information content (AvgIpc) is 3.16. The van der Waals surface area contributed by atoms with E-state index in [-0.39, 0.29) is 27.7 Å². The number of halogens is 3. The third-order valence-electron chi connectivity index (χ3n) is 3.95. The topological polar surface area (TPSA) is 94.9 Å². The van der Waals surface area contributed by atoms with Crippen LogP contribution in [0.15, 0.2) is 46.1 Å². The third kappa shape index (κ3) is 4.64. The Labute approximate surface area is 174 Å². The minimum Gasteiger partial charge on any atom is -0.377 e. The number of rotatable bonds is 6. The quantitative estimate of drug-likeness (QED) is 0.551. The minimum absolute atomic E-state index is 0.0641. The van der Waals surface area contributed by atoms with E-state index in [0.29, 0.717) is 0 Å². The Balaban J connectivity index is 1.89. The normalized spacial score (nSPS) is 12.2. The molecule has 0 saturated heterocycles. The summed E-state index contributed by atoms with van der Waals surface area (Å²) < 4.78 is 55.6. The molecule has 2 N–H and O–H groups in total. The van der Waals surface area contributed by atoms with Gasteiger partial charge in [-0.2, -0.15) is 5.26 Å². The van der Waals surface area contributed by atoms with Crippen LogP contribution in [0.25, 0.3) is 0 Å². The van der Waals surface area contributed by atoms with Crippen molar-refractivity contribution in [3.8, 4) is 6.07 Å². The highest BCUT2D eigenvalue weighted by molar-refractivity contribution is 7.92. The van der Waals surface area contributed by atoms with Gasteiger partial charge in [-0.3, -0.25) is 4.72 Å². The average molecular weight is 455 g/mol. The van der Waals surface area contributed by atoms with Gasteiger partial charge in [-0.15, -0.1) is 11.3 Å². The first kappa shape index (κ1) is 21.0. The Morgan fingerprint density at radius 1 is 1.24 bits per heavy atom. The second-order valence-corrected chi connectivity index (χ2v) is 8.73. The number of aromatic nitrogens is 1. The summed E-state index contributed by atoms with van der Waals surface area (Å²) in [6.07, 6.45) is 0. The molecule has 0 aliphatic heterocycles. The summed E-state index contributed by atoms with van der Waals surface area (Å²) in [5.41, 5.74) is 1.95. The zero-order chi connectivity index (χ0) is 21.2. The smallest absolute Gasteiger partial charge is 0.266 e. The van der Waals surface area contributed by atoms with Crippen LogP contribution in [0.4, 0.5) is 20.3 Å². The van der Waals surface area contributed by atoms with Crippen molar-refractivity contribution in [3.05, 3.63) is 69.0 Å². The van der Waals surface area contributed by atoms with Gasteiger partial charge in [0.05, 0.1) is 33.9 Å². The van der Waals surface area contributed by atoms with Crippen LogP contribution in [0.3, 0.4) is 0 Å². The molecule has 0 aliphatic carbocycles. The number of nitrogens with one attached hydrogen (secondary N) is 2. The number of thiazole rings is 1. The zero-order valence-corrected chi connectivity index (χ0v) is 17.2. The highest BCUT2D eigenvalue weighted by Crippen LogP contribution is 2.32. The highest BCUT2D eigenvalue weighted by atomic mass is 35.5. The first-order chi connectivity index (χ1) is 13.7. The maximum Gasteiger partial charge on any atom is 0.266 e. The Hall–Kier alpha value is -2.74. The Morgan fingerprint density at radius 3 is 2.66 bits per heavy atom. The van der Waals surface area contributed by atoms with Gasteiger partial charge in [0, 0.05) is 10.9 Å². The predicted octanol–water partition coefficient (Wildman–Crippen LogP) is 4.92. The number of hydrogen-bond donors (Lipinski definition) is 2. The van der Waals surface area contributed by atoms with Crippen molar-refractivity contribution in [1.82, 2.24) is 4.98 Å². The minimum atomic E-state index is -4.24. The Morgan fingerprint density at radius 2 is 2.00 bits per heavy atom. The molecule has 0 radical (unpaired) electrons. The van der Waals surface area contributed by atoms with E-state index in [0.717, 1.165) is 18.2 Å². The maximum absolute atomic E-state index is 14.6. The molecule has 11 heteroatoms. The van der Waals surface area contributed by atoms with E-state index in [4.69, 9.17) is 16.9 Å². The van der Waals surface area contributed by atoms with Crippen molar-refractivity contribution < 1.29 is 17.2 Å². The fourth-order valence-corrected chi connectivity index (χ4v) is 4.48. The Kier molecular flexibility index (Phi) is 6.02. The van der Waals surface area contributed by atoms with Crippen molar-refractivity contribution in [1.29, 1.82) is 5.26 Å². The first-order valence-electron chi connectivity index (χ1n) is 8.07. The molecule has 3 rings (SSSR count). The van der Waals surface area contributed by atoms with Gasteiger partial charge in [0.25, 0.3) is 10.0 Å². The largest absolute Gasteiger partial charge is 0.377 e. The molecule has 3 aromatic rings. The van der Waals surface area contributed by atoms with E-state index in [1.807, 2.05) is 6.07 Å². The van der Waals surface area contributed by atoms with Crippen LogP contribution in [0.1, 0.15) is 24.1 Å². The maximum atomic E-state index is 14.6. The monoisotopic (exact) mass is 454 g/mol. The summed E-state index contributed by atoms with van der Waals surface area (Å²) in [6, 6.07) is 7.00. The lowest BCUT2D eigenvalue weighted by Crippen LogP contribution is -2.16. The molecule has 6 nitrogen and oxygen atoms in total. The molecule has 0 bridgehead atoms. The molecular formula is C18H13ClF2N4O2S2. The van der Waals surface area contributed by atoms with Crippen LogP contribution >= 0.6 is 22.9 Å². The first-order valence-corrected chi connectivity index (χ1v) is 10.9. The summed E-state index contributed by atoms with van der Waals surface area (Å²) in [5.74, 6) is -1.53. The van der Waals surface area contributed by atoms with Crippen molar-refractivity contribution >= 4 is 44.5 Å². The van der Waals surface area contributed by atoms with E-state index < -0.39 is 32.6 Å². The summed E-state index contributed by atoms with van der Waals surface area (Å²) in [4.78, 5) is 3.15. The van der Waals surface area contributed by atoms with Gasteiger partial charge in [0.15, 0.2) is 5.82 Å². The standard InChI is InChI=1S/C18H13ClF2N4O2S2/c1-10(12-4-11(7-22)2-3-14(12)20)24-16-6-15(21)17(5-13(16)19)29(26,27)25-18-8-28-9-23-18/h2-6,8-10,24-25H,1H3. The molecule has 0 aliphatic rings. The molecule has 29 heavy (non-hydrogen) atoms. The van der Waals surface area contributed by atoms with Crippen molar-refractivity contribution in [2.24, 2.45) is 0 Å². The fraction of sp³-hybridized carbons (Fsp3) is 0.111. The molecule has 1 heterocycles. The van der Waals surface area contributed by atoms with Gasteiger partial charge < -0.3 is 5.32 Å². The molecule has 0 saturated carbocycles. The summed E-state index contributed by atoms with van der Waals surface area (Å²) in [6.45, 7) is 1.60. The summed E-state index contributed by atoms with van der Waals surface area (Å²) >= 11 is 7.31. The molecular weight excluding hydrogens is 442 g/mol. The highest BCUT2D eigenvalue weighted by Gasteiger charge is 2.23. The van der Waals surface area contributed by atoms with Gasteiger partial charge in [-0.05, 0) is 37.3 Å². The lowest BCUT2D eigenvalue weighted by Gasteiger charge is -2.18. The number of hydrogen-bond acceptors (Lipinski definition) is 6. The number of benzene rings is 2. The van der Waals surface area contributed by atoms with Crippen LogP contribution in [-0.4, -0.2) is 13.4 Å². The molecule has 1 aromatic heterocycles. The van der Waals surface area contributed by atoms with Gasteiger partial charge >= 0.3 is 0 Å². The lowest BCUT2D eigenvalue weighted by molar-refractivity contribution is 0.570. The molecule has 0 spiro atoms. The Bertz CT molecular complexity index is 1200. The number of sulfonamides is 1. The zero-order valence-electron chi connectivity index (χ0n) is 14.8. The van der Waals surface area contributed by atoms with E-state index in [1.54, 1.807) is 6.92 Å². The predicted molar refractivity (Wildman–Crippen MR) is 107 cm³/mol. The van der Waals surface area contributed by atoms with Crippen LogP contribution in [0.5, 0.6) is 0 Å². The van der Waals surface area contributed by atoms with Gasteiger partial charge in [-0.1, -0.05) is 11.6 Å². The molecule has 1 unspecified atom stereocenters. The van der Waals surface area contributed by atoms with Crippen molar-refractivity contribution in [2.75, 3.05) is 10.0 Å². The van der Waals surface area contributed by atoms with Crippen LogP contribution in [0.2, 0.25) is 5.02 Å². The van der Waals surface area contributed by atoms with E-state index in [2.05, 4.69) is 15.0 Å². The third-order valence-corrected chi connectivity index (χ3v) is 6.21. The van der Waals surface area contributed by atoms with E-state index in [9.17, 15) is 17.2 Å². The van der Waals surface area contributed by atoms with Gasteiger partial charge in [0.2, 0.25) is 0 Å². The van der Waals surface area contributed by atoms with Gasteiger partial charge in [-0.25, -0.2) is 22.2 Å². The summed E-state index contributed by atoms with van der Waals surface area (Å²) in [7, 11) is -4.24. The SMILES string of the molecule is CC(Nc1cc(F)c(S(=O)(=O)Nc2cscn2)cc1Cl)c1cc(C#N)ccc1F. The second kappa shape index (κ2) is 8.32. The van der Waals surface area contributed by atoms with Crippen LogP contribution in [-0.2, 0) is 10.0 Å². The van der Waals surface area contributed by atoms with Crippen LogP contribution < -0.4 is 10.0 Å². The molecule has 2 aromatic carbocycles. The van der Waals surface area contributed by atoms with Crippen molar-refractivity contribution in [2.45, 2.75) is 17.9 Å². The van der Waals surface area contributed by atoms with Crippen LogP contribution in [0, 0.1) is 23.0 Å². The molecule has 0 amide bonds. The number of nitrogens with zero attached hydrogens (tertiary/aromatic N) is 2. The van der Waals surface area contributed by atoms with E-state index >= 15 is 0 Å². The molecule has 1 atom stereocenters. The molecule has 0 fully saturated rings. The second-order valence-electron chi connectivity index (χ2n) is 5.96. The van der Waals surface area contributed by atoms with Crippen molar-refractivity contribution in [3.63, 3.8) is 0 Å². The van der Waals surface area contributed by atoms with E-state index in [1.165, 1.54) is 34.4 Å². The molecule has 150 valence electrons. The number of nitriles is 1. The fourth-order valence-electron chi connectivity index (χ4n) is 2.56.